The summed E-state index contributed by atoms with van der Waals surface area (Å²) in [5, 5.41) is 2.07. The number of rotatable bonds is 7. The lowest BCUT2D eigenvalue weighted by Gasteiger charge is -2.17. The molecule has 0 fully saturated rings. The number of hydrogen-bond acceptors (Lipinski definition) is 3. The van der Waals surface area contributed by atoms with Crippen LogP contribution in [0.1, 0.15) is 21.5 Å². The van der Waals surface area contributed by atoms with Gasteiger partial charge in [-0.1, -0.05) is 69.2 Å². The maximum Gasteiger partial charge on any atom is 0.169 e. The third kappa shape index (κ3) is 4.12. The van der Waals surface area contributed by atoms with E-state index in [9.17, 15) is 4.79 Å². The number of ether oxygens (including phenoxy) is 2. The van der Waals surface area contributed by atoms with Crippen LogP contribution in [0.4, 0.5) is 0 Å². The van der Waals surface area contributed by atoms with Crippen LogP contribution in [0.15, 0.2) is 66.7 Å². The monoisotopic (exact) mass is 364 g/mol. The third-order valence-corrected chi connectivity index (χ3v) is 5.71. The second-order valence-electron chi connectivity index (χ2n) is 5.89. The maximum absolute atomic E-state index is 11.4. The average Bonchev–Trinajstić information content (AvgIpc) is 2.69. The van der Waals surface area contributed by atoms with E-state index in [4.69, 9.17) is 9.47 Å². The third-order valence-electron chi connectivity index (χ3n) is 4.12. The van der Waals surface area contributed by atoms with Crippen molar-refractivity contribution in [3.63, 3.8) is 0 Å². The predicted octanol–water partition coefficient (Wildman–Crippen LogP) is 4.02. The topological polar surface area (TPSA) is 35.5 Å². The summed E-state index contributed by atoms with van der Waals surface area (Å²) in [7, 11) is 1.95. The van der Waals surface area contributed by atoms with Crippen LogP contribution >= 0.6 is 8.58 Å². The summed E-state index contributed by atoms with van der Waals surface area (Å²) in [6.07, 6.45) is 0.917. The van der Waals surface area contributed by atoms with E-state index in [1.165, 1.54) is 0 Å². The molecule has 0 aliphatic rings. The minimum atomic E-state index is 0.311. The second-order valence-corrected chi connectivity index (χ2v) is 7.18. The van der Waals surface area contributed by atoms with Gasteiger partial charge in [0.2, 0.25) is 0 Å². The Morgan fingerprint density at radius 3 is 2.46 bits per heavy atom. The lowest BCUT2D eigenvalue weighted by molar-refractivity contribution is 0.112. The van der Waals surface area contributed by atoms with Crippen molar-refractivity contribution in [2.24, 2.45) is 0 Å². The van der Waals surface area contributed by atoms with E-state index in [1.54, 1.807) is 7.11 Å². The molecule has 3 rings (SSSR count). The molecule has 3 aromatic carbocycles. The minimum absolute atomic E-state index is 0.311. The molecule has 3 nitrogen and oxygen atoms in total. The van der Waals surface area contributed by atoms with Gasteiger partial charge in [0.25, 0.3) is 0 Å². The van der Waals surface area contributed by atoms with Crippen molar-refractivity contribution in [1.29, 1.82) is 0 Å². The maximum atomic E-state index is 11.4. The molecule has 0 radical (unpaired) electrons. The fraction of sp³-hybridized carbons (Fsp3) is 0.136. The van der Waals surface area contributed by atoms with Gasteiger partial charge in [0.15, 0.2) is 17.8 Å². The van der Waals surface area contributed by atoms with Gasteiger partial charge in [-0.25, -0.2) is 0 Å². The molecule has 1 atom stereocenters. The summed E-state index contributed by atoms with van der Waals surface area (Å²) in [6.45, 7) is 2.49. The first-order valence-corrected chi connectivity index (χ1v) is 9.38. The summed E-state index contributed by atoms with van der Waals surface area (Å²) in [6, 6.07) is 21.7. The minimum Gasteiger partial charge on any atom is -0.493 e. The van der Waals surface area contributed by atoms with Gasteiger partial charge in [-0.2, -0.15) is 0 Å². The Labute approximate surface area is 155 Å². The zero-order valence-electron chi connectivity index (χ0n) is 14.9. The Hall–Kier alpha value is -2.64. The Bertz CT molecular complexity index is 891. The molecule has 132 valence electrons. The van der Waals surface area contributed by atoms with E-state index in [2.05, 4.69) is 0 Å². The van der Waals surface area contributed by atoms with Gasteiger partial charge in [-0.3, -0.25) is 4.79 Å². The number of hydrogen-bond donors (Lipinski definition) is 0. The molecule has 0 spiro atoms. The molecule has 26 heavy (non-hydrogen) atoms. The normalized spacial score (nSPS) is 10.8. The van der Waals surface area contributed by atoms with Crippen molar-refractivity contribution in [3.8, 4) is 11.5 Å². The van der Waals surface area contributed by atoms with Gasteiger partial charge >= 0.3 is 0 Å². The Balaban J connectivity index is 1.93. The summed E-state index contributed by atoms with van der Waals surface area (Å²) >= 11 is 0. The Morgan fingerprint density at radius 1 is 0.962 bits per heavy atom. The van der Waals surface area contributed by atoms with Gasteiger partial charge in [0.05, 0.1) is 7.11 Å². The quantitative estimate of drug-likeness (QED) is 0.469. The lowest BCUT2D eigenvalue weighted by atomic mass is 10.1. The molecule has 3 aromatic rings. The number of benzene rings is 3. The number of methoxy groups -OCH3 is 1. The van der Waals surface area contributed by atoms with Gasteiger partial charge < -0.3 is 9.47 Å². The first kappa shape index (κ1) is 18.2. The van der Waals surface area contributed by atoms with Crippen LogP contribution < -0.4 is 20.1 Å². The number of carbonyl (C=O) groups excluding carboxylic acids is 1. The molecular formula is C22H21O3P. The molecule has 0 bridgehead atoms. The molecule has 0 aliphatic carbocycles. The first-order chi connectivity index (χ1) is 12.7. The molecule has 0 N–H and O–H groups in total. The van der Waals surface area contributed by atoms with E-state index in [0.717, 1.165) is 39.3 Å². The van der Waals surface area contributed by atoms with Crippen LogP contribution in [0.3, 0.4) is 0 Å². The van der Waals surface area contributed by atoms with Crippen LogP contribution in [-0.2, 0) is 6.61 Å². The first-order valence-electron chi connectivity index (χ1n) is 8.38. The van der Waals surface area contributed by atoms with Crippen LogP contribution in [0.2, 0.25) is 0 Å². The number of carbonyl (C=O) groups is 1. The fourth-order valence-electron chi connectivity index (χ4n) is 2.75. The molecular weight excluding hydrogens is 343 g/mol. The zero-order valence-corrected chi connectivity index (χ0v) is 15.9. The van der Waals surface area contributed by atoms with Crippen LogP contribution in [0, 0.1) is 6.92 Å². The standard InChI is InChI=1S/C22H21O3P/c1-16-8-6-11-18(14-23)22(16)26-20-13-7-12-19(24-2)21(20)25-15-17-9-4-3-5-10-17/h3-14,26H,15H2,1-2H3. The highest BCUT2D eigenvalue weighted by Gasteiger charge is 2.14. The van der Waals surface area contributed by atoms with E-state index < -0.39 is 0 Å². The zero-order chi connectivity index (χ0) is 18.4. The summed E-state index contributed by atoms with van der Waals surface area (Å²) in [5.41, 5.74) is 2.92. The summed E-state index contributed by atoms with van der Waals surface area (Å²) in [5.74, 6) is 1.43. The van der Waals surface area contributed by atoms with Crippen molar-refractivity contribution >= 4 is 25.5 Å². The van der Waals surface area contributed by atoms with Crippen LogP contribution in [-0.4, -0.2) is 13.4 Å². The van der Waals surface area contributed by atoms with E-state index in [-0.39, 0.29) is 0 Å². The Morgan fingerprint density at radius 2 is 1.73 bits per heavy atom. The molecule has 4 heteroatoms. The van der Waals surface area contributed by atoms with Crippen molar-refractivity contribution in [3.05, 3.63) is 83.4 Å². The number of para-hydroxylation sites is 1. The van der Waals surface area contributed by atoms with E-state index in [0.29, 0.717) is 20.9 Å². The van der Waals surface area contributed by atoms with E-state index in [1.807, 2.05) is 73.7 Å². The molecule has 0 aromatic heterocycles. The van der Waals surface area contributed by atoms with Gasteiger partial charge in [-0.15, -0.1) is 0 Å². The van der Waals surface area contributed by atoms with Gasteiger partial charge in [0, 0.05) is 10.9 Å². The van der Waals surface area contributed by atoms with Gasteiger partial charge in [-0.05, 0) is 29.4 Å². The molecule has 0 amide bonds. The van der Waals surface area contributed by atoms with Gasteiger partial charge in [0.1, 0.15) is 6.61 Å². The molecule has 1 unspecified atom stereocenters. The van der Waals surface area contributed by atoms with Crippen molar-refractivity contribution in [2.45, 2.75) is 13.5 Å². The number of aldehydes is 1. The van der Waals surface area contributed by atoms with Crippen molar-refractivity contribution in [2.75, 3.05) is 7.11 Å². The Kier molecular flexibility index (Phi) is 6.04. The average molecular weight is 364 g/mol. The molecule has 0 saturated carbocycles. The van der Waals surface area contributed by atoms with Crippen LogP contribution in [0.25, 0.3) is 0 Å². The van der Waals surface area contributed by atoms with Crippen molar-refractivity contribution in [1.82, 2.24) is 0 Å². The molecule has 0 aliphatic heterocycles. The second kappa shape index (κ2) is 8.64. The summed E-state index contributed by atoms with van der Waals surface area (Å²) in [4.78, 5) is 11.4. The molecule has 0 heterocycles. The number of aryl methyl sites for hydroxylation is 1. The summed E-state index contributed by atoms with van der Waals surface area (Å²) < 4.78 is 11.6. The highest BCUT2D eigenvalue weighted by Crippen LogP contribution is 2.31. The van der Waals surface area contributed by atoms with Crippen molar-refractivity contribution < 1.29 is 14.3 Å². The smallest absolute Gasteiger partial charge is 0.169 e. The van der Waals surface area contributed by atoms with E-state index >= 15 is 0 Å². The molecule has 0 saturated heterocycles. The highest BCUT2D eigenvalue weighted by atomic mass is 31.1. The highest BCUT2D eigenvalue weighted by molar-refractivity contribution is 7.56. The van der Waals surface area contributed by atoms with Crippen LogP contribution in [0.5, 0.6) is 11.5 Å². The SMILES string of the molecule is COc1cccc(Pc2c(C)cccc2C=O)c1OCc1ccccc1. The predicted molar refractivity (Wildman–Crippen MR) is 108 cm³/mol. The lowest BCUT2D eigenvalue weighted by Crippen LogP contribution is -2.14. The fourth-order valence-corrected chi connectivity index (χ4v) is 4.07. The largest absolute Gasteiger partial charge is 0.493 e.